The van der Waals surface area contributed by atoms with Crippen LogP contribution in [0.5, 0.6) is 0 Å². The average Bonchev–Trinajstić information content (AvgIpc) is 3.01. The summed E-state index contributed by atoms with van der Waals surface area (Å²) in [5, 5.41) is 5.48. The molecule has 30 heavy (non-hydrogen) atoms. The first-order valence-corrected chi connectivity index (χ1v) is 10.1. The zero-order chi connectivity index (χ0) is 21.1. The molecule has 0 fully saturated rings. The smallest absolute Gasteiger partial charge is 0.308 e. The highest BCUT2D eigenvalue weighted by Gasteiger charge is 2.21. The van der Waals surface area contributed by atoms with E-state index in [1.54, 1.807) is 21.5 Å². The predicted molar refractivity (Wildman–Crippen MR) is 123 cm³/mol. The molecular formula is C23H19BrN4O2. The number of carbonyl (C=O) groups is 1. The lowest BCUT2D eigenvalue weighted by Crippen LogP contribution is -2.25. The Morgan fingerprint density at radius 1 is 0.767 bits per heavy atom. The number of benzene rings is 3. The van der Waals surface area contributed by atoms with Crippen LogP contribution in [0.1, 0.15) is 5.69 Å². The van der Waals surface area contributed by atoms with Gasteiger partial charge in [-0.1, -0.05) is 52.3 Å². The monoisotopic (exact) mass is 462 g/mol. The quantitative estimate of drug-likeness (QED) is 0.429. The molecule has 0 saturated carbocycles. The molecule has 3 aromatic carbocycles. The van der Waals surface area contributed by atoms with Crippen molar-refractivity contribution >= 4 is 33.3 Å². The number of carbonyl (C=O) groups excluding carboxylic acids is 1. The van der Waals surface area contributed by atoms with Gasteiger partial charge in [-0.2, -0.15) is 0 Å². The van der Waals surface area contributed by atoms with E-state index in [2.05, 4.69) is 26.6 Å². The van der Waals surface area contributed by atoms with E-state index in [1.807, 2.05) is 79.7 Å². The first-order valence-electron chi connectivity index (χ1n) is 9.33. The Morgan fingerprint density at radius 2 is 1.30 bits per heavy atom. The highest BCUT2D eigenvalue weighted by Crippen LogP contribution is 2.21. The molecular weight excluding hydrogens is 444 g/mol. The van der Waals surface area contributed by atoms with E-state index >= 15 is 0 Å². The molecule has 4 aromatic rings. The molecule has 1 aromatic heterocycles. The fourth-order valence-corrected chi connectivity index (χ4v) is 3.50. The highest BCUT2D eigenvalue weighted by atomic mass is 79.9. The minimum atomic E-state index is -0.483. The van der Waals surface area contributed by atoms with E-state index in [-0.39, 0.29) is 11.2 Å². The van der Waals surface area contributed by atoms with Crippen molar-refractivity contribution in [3.63, 3.8) is 0 Å². The molecule has 6 nitrogen and oxygen atoms in total. The van der Waals surface area contributed by atoms with Crippen LogP contribution in [0.15, 0.2) is 94.2 Å². The second-order valence-electron chi connectivity index (χ2n) is 6.65. The normalized spacial score (nSPS) is 10.6. The van der Waals surface area contributed by atoms with Crippen LogP contribution in [-0.4, -0.2) is 15.4 Å². The molecule has 0 aliphatic rings. The second-order valence-corrected chi connectivity index (χ2v) is 7.56. The van der Waals surface area contributed by atoms with Crippen LogP contribution in [0.2, 0.25) is 0 Å². The predicted octanol–water partition coefficient (Wildman–Crippen LogP) is 5.34. The first kappa shape index (κ1) is 19.7. The van der Waals surface area contributed by atoms with Crippen LogP contribution in [0.3, 0.4) is 0 Å². The molecule has 0 saturated heterocycles. The zero-order valence-electron chi connectivity index (χ0n) is 16.2. The Hall–Kier alpha value is -3.58. The fourth-order valence-electron chi connectivity index (χ4n) is 3.24. The van der Waals surface area contributed by atoms with Crippen molar-refractivity contribution < 1.29 is 4.79 Å². The minimum Gasteiger partial charge on any atom is -0.308 e. The van der Waals surface area contributed by atoms with Crippen LogP contribution in [-0.2, 0) is 0 Å². The SMILES string of the molecule is Cc1c(NC(=O)Nc2ccc(Br)cc2)c(=O)n(-c2ccccc2)n1-c1ccccc1. The summed E-state index contributed by atoms with van der Waals surface area (Å²) in [4.78, 5) is 25.9. The summed E-state index contributed by atoms with van der Waals surface area (Å²) in [6.45, 7) is 1.81. The summed E-state index contributed by atoms with van der Waals surface area (Å²) in [6, 6.07) is 25.6. The fraction of sp³-hybridized carbons (Fsp3) is 0.0435. The van der Waals surface area contributed by atoms with Gasteiger partial charge in [-0.25, -0.2) is 14.2 Å². The highest BCUT2D eigenvalue weighted by molar-refractivity contribution is 9.10. The van der Waals surface area contributed by atoms with Crippen molar-refractivity contribution in [3.05, 3.63) is 105 Å². The molecule has 0 aliphatic heterocycles. The number of nitrogens with one attached hydrogen (secondary N) is 2. The maximum Gasteiger partial charge on any atom is 0.323 e. The van der Waals surface area contributed by atoms with Crippen molar-refractivity contribution in [1.29, 1.82) is 0 Å². The van der Waals surface area contributed by atoms with Gasteiger partial charge in [0.1, 0.15) is 5.69 Å². The van der Waals surface area contributed by atoms with E-state index in [9.17, 15) is 9.59 Å². The molecule has 0 spiro atoms. The van der Waals surface area contributed by atoms with E-state index < -0.39 is 6.03 Å². The number of para-hydroxylation sites is 2. The molecule has 0 aliphatic carbocycles. The molecule has 0 atom stereocenters. The summed E-state index contributed by atoms with van der Waals surface area (Å²) < 4.78 is 4.27. The summed E-state index contributed by atoms with van der Waals surface area (Å²) >= 11 is 3.36. The number of nitrogens with zero attached hydrogens (tertiary/aromatic N) is 2. The number of hydrogen-bond acceptors (Lipinski definition) is 2. The maximum atomic E-state index is 13.3. The number of urea groups is 1. The third-order valence-corrected chi connectivity index (χ3v) is 5.16. The lowest BCUT2D eigenvalue weighted by Gasteiger charge is -2.13. The maximum absolute atomic E-state index is 13.3. The standard InChI is InChI=1S/C23H19BrN4O2/c1-16-21(26-23(30)25-18-14-12-17(24)13-15-18)22(29)28(20-10-6-3-7-11-20)27(16)19-8-4-2-5-9-19/h2-15H,1H3,(H2,25,26,30). The number of halogens is 1. The van der Waals surface area contributed by atoms with Gasteiger partial charge in [-0.15, -0.1) is 0 Å². The van der Waals surface area contributed by atoms with Gasteiger partial charge >= 0.3 is 6.03 Å². The van der Waals surface area contributed by atoms with Crippen LogP contribution in [0.25, 0.3) is 11.4 Å². The first-order chi connectivity index (χ1) is 14.5. The van der Waals surface area contributed by atoms with E-state index in [0.717, 1.165) is 10.2 Å². The average molecular weight is 463 g/mol. The van der Waals surface area contributed by atoms with Crippen molar-refractivity contribution in [1.82, 2.24) is 9.36 Å². The van der Waals surface area contributed by atoms with E-state index in [4.69, 9.17) is 0 Å². The molecule has 2 N–H and O–H groups in total. The summed E-state index contributed by atoms with van der Waals surface area (Å²) in [5.41, 5.74) is 2.68. The number of aromatic nitrogens is 2. The van der Waals surface area contributed by atoms with Crippen molar-refractivity contribution in [2.75, 3.05) is 10.6 Å². The van der Waals surface area contributed by atoms with Crippen LogP contribution >= 0.6 is 15.9 Å². The van der Waals surface area contributed by atoms with E-state index in [0.29, 0.717) is 17.1 Å². The Bertz CT molecular complexity index is 1230. The Balaban J connectivity index is 1.75. The molecule has 4 rings (SSSR count). The van der Waals surface area contributed by atoms with Crippen molar-refractivity contribution in [3.8, 4) is 11.4 Å². The van der Waals surface area contributed by atoms with Crippen LogP contribution < -0.4 is 16.2 Å². The summed E-state index contributed by atoms with van der Waals surface area (Å²) in [7, 11) is 0. The lowest BCUT2D eigenvalue weighted by molar-refractivity contribution is 0.262. The summed E-state index contributed by atoms with van der Waals surface area (Å²) in [5.74, 6) is 0. The van der Waals surface area contributed by atoms with Gasteiger partial charge in [0.05, 0.1) is 17.1 Å². The van der Waals surface area contributed by atoms with Crippen molar-refractivity contribution in [2.45, 2.75) is 6.92 Å². The van der Waals surface area contributed by atoms with Gasteiger partial charge in [0.15, 0.2) is 0 Å². The number of amides is 2. The van der Waals surface area contributed by atoms with Gasteiger partial charge in [0, 0.05) is 10.2 Å². The minimum absolute atomic E-state index is 0.220. The van der Waals surface area contributed by atoms with E-state index in [1.165, 1.54) is 0 Å². The number of anilines is 2. The molecule has 0 unspecified atom stereocenters. The molecule has 0 bridgehead atoms. The molecule has 7 heteroatoms. The molecule has 150 valence electrons. The van der Waals surface area contributed by atoms with Gasteiger partial charge in [-0.05, 0) is 55.5 Å². The third-order valence-electron chi connectivity index (χ3n) is 4.63. The largest absolute Gasteiger partial charge is 0.323 e. The third kappa shape index (κ3) is 3.92. The Kier molecular flexibility index (Phi) is 5.54. The molecule has 2 amide bonds. The summed E-state index contributed by atoms with van der Waals surface area (Å²) in [6.07, 6.45) is 0. The van der Waals surface area contributed by atoms with Crippen molar-refractivity contribution in [2.24, 2.45) is 0 Å². The number of hydrogen-bond donors (Lipinski definition) is 2. The second kappa shape index (κ2) is 8.42. The topological polar surface area (TPSA) is 68.1 Å². The molecule has 1 heterocycles. The van der Waals surface area contributed by atoms with Gasteiger partial charge in [0.2, 0.25) is 0 Å². The van der Waals surface area contributed by atoms with Crippen LogP contribution in [0, 0.1) is 6.92 Å². The lowest BCUT2D eigenvalue weighted by atomic mass is 10.3. The van der Waals surface area contributed by atoms with Gasteiger partial charge in [-0.3, -0.25) is 4.79 Å². The zero-order valence-corrected chi connectivity index (χ0v) is 17.8. The Morgan fingerprint density at radius 3 is 1.87 bits per heavy atom. The van der Waals surface area contributed by atoms with Gasteiger partial charge in [0.25, 0.3) is 5.56 Å². The Labute approximate surface area is 181 Å². The number of rotatable bonds is 4. The van der Waals surface area contributed by atoms with Gasteiger partial charge < -0.3 is 10.6 Å². The van der Waals surface area contributed by atoms with Crippen LogP contribution in [0.4, 0.5) is 16.2 Å². The molecule has 0 radical (unpaired) electrons.